The maximum atomic E-state index is 10.4. The molecule has 1 heterocycles. The number of nitrogens with zero attached hydrogens (tertiary/aromatic N) is 1. The van der Waals surface area contributed by atoms with Gasteiger partial charge in [0, 0.05) is 35.6 Å². The first-order chi connectivity index (χ1) is 10.4. The third-order valence-corrected chi connectivity index (χ3v) is 3.91. The van der Waals surface area contributed by atoms with Crippen LogP contribution in [0.25, 0.3) is 10.9 Å². The number of methoxy groups -OCH3 is 1. The molecule has 22 heavy (non-hydrogen) atoms. The number of nitrogens with one attached hydrogen (secondary N) is 1. The summed E-state index contributed by atoms with van der Waals surface area (Å²) in [5.74, 6) is 0.809. The highest BCUT2D eigenvalue weighted by atomic mass is 16.5. The van der Waals surface area contributed by atoms with E-state index in [0.717, 1.165) is 28.5 Å². The van der Waals surface area contributed by atoms with Gasteiger partial charge in [0.15, 0.2) is 0 Å². The summed E-state index contributed by atoms with van der Waals surface area (Å²) in [4.78, 5) is 15.9. The summed E-state index contributed by atoms with van der Waals surface area (Å²) in [5.41, 5.74) is 2.04. The van der Waals surface area contributed by atoms with E-state index in [1.807, 2.05) is 24.4 Å². The highest BCUT2D eigenvalue weighted by Gasteiger charge is 2.05. The largest absolute Gasteiger partial charge is 0.497 e. The summed E-state index contributed by atoms with van der Waals surface area (Å²) < 4.78 is 5.12. The number of carbonyl (C=O) groups is 1. The Kier molecular flexibility index (Phi) is 7.12. The van der Waals surface area contributed by atoms with Crippen molar-refractivity contribution in [2.45, 2.75) is 46.2 Å². The number of fused-ring (bicyclic) bond motifs is 1. The number of ether oxygens (including phenoxy) is 1. The van der Waals surface area contributed by atoms with Crippen LogP contribution < -0.4 is 4.74 Å². The van der Waals surface area contributed by atoms with E-state index in [0.29, 0.717) is 18.5 Å². The minimum absolute atomic E-state index is 0.438. The van der Waals surface area contributed by atoms with Crippen molar-refractivity contribution in [3.05, 3.63) is 30.0 Å². The van der Waals surface area contributed by atoms with Gasteiger partial charge < -0.3 is 19.4 Å². The van der Waals surface area contributed by atoms with Crippen LogP contribution in [-0.4, -0.2) is 42.4 Å². The van der Waals surface area contributed by atoms with Crippen molar-refractivity contribution in [3.8, 4) is 5.75 Å². The fourth-order valence-electron chi connectivity index (χ4n) is 2.14. The molecule has 0 radical (unpaired) electrons. The van der Waals surface area contributed by atoms with Crippen molar-refractivity contribution in [3.63, 3.8) is 0 Å². The molecule has 0 aliphatic rings. The lowest BCUT2D eigenvalue weighted by molar-refractivity contribution is -0.107. The van der Waals surface area contributed by atoms with Gasteiger partial charge in [0.05, 0.1) is 7.11 Å². The second kappa shape index (κ2) is 8.59. The average molecular weight is 304 g/mol. The van der Waals surface area contributed by atoms with Gasteiger partial charge in [-0.3, -0.25) is 0 Å². The zero-order valence-corrected chi connectivity index (χ0v) is 14.5. The van der Waals surface area contributed by atoms with Gasteiger partial charge in [-0.05, 0) is 58.5 Å². The average Bonchev–Trinajstić information content (AvgIpc) is 2.89. The van der Waals surface area contributed by atoms with Crippen molar-refractivity contribution >= 4 is 17.2 Å². The Balaban J connectivity index is 0.000000261. The molecule has 2 aromatic rings. The molecule has 4 heteroatoms. The topological polar surface area (TPSA) is 45.3 Å². The molecular formula is C18H28N2O2. The quantitative estimate of drug-likeness (QED) is 0.858. The lowest BCUT2D eigenvalue weighted by atomic mass is 10.1. The Bertz CT molecular complexity index is 580. The predicted molar refractivity (Wildman–Crippen MR) is 92.7 cm³/mol. The number of benzene rings is 1. The molecule has 0 aliphatic carbocycles. The van der Waals surface area contributed by atoms with Crippen LogP contribution in [0, 0.1) is 0 Å². The first-order valence-corrected chi connectivity index (χ1v) is 7.70. The van der Waals surface area contributed by atoms with E-state index in [4.69, 9.17) is 4.74 Å². The van der Waals surface area contributed by atoms with Crippen molar-refractivity contribution in [1.82, 2.24) is 9.88 Å². The molecule has 0 fully saturated rings. The number of H-pyrrole nitrogens is 1. The minimum Gasteiger partial charge on any atom is -0.497 e. The Morgan fingerprint density at radius 2 is 1.86 bits per heavy atom. The fraction of sp³-hybridized carbons (Fsp3) is 0.500. The van der Waals surface area contributed by atoms with Gasteiger partial charge in [0.2, 0.25) is 0 Å². The van der Waals surface area contributed by atoms with Crippen molar-refractivity contribution in [2.75, 3.05) is 14.2 Å². The van der Waals surface area contributed by atoms with Gasteiger partial charge in [-0.15, -0.1) is 0 Å². The molecule has 0 atom stereocenters. The molecule has 1 N–H and O–H groups in total. The number of carbonyl (C=O) groups excluding carboxylic acids is 1. The van der Waals surface area contributed by atoms with Gasteiger partial charge in [0.25, 0.3) is 0 Å². The van der Waals surface area contributed by atoms with Crippen LogP contribution >= 0.6 is 0 Å². The zero-order valence-electron chi connectivity index (χ0n) is 14.5. The van der Waals surface area contributed by atoms with Crippen LogP contribution in [0.1, 0.15) is 33.3 Å². The van der Waals surface area contributed by atoms with Gasteiger partial charge in [-0.2, -0.15) is 0 Å². The lowest BCUT2D eigenvalue weighted by Crippen LogP contribution is -2.32. The lowest BCUT2D eigenvalue weighted by Gasteiger charge is -2.24. The molecule has 0 unspecified atom stereocenters. The Hall–Kier alpha value is -1.81. The van der Waals surface area contributed by atoms with Crippen LogP contribution in [-0.2, 0) is 11.2 Å². The number of aldehydes is 1. The van der Waals surface area contributed by atoms with E-state index in [-0.39, 0.29) is 0 Å². The van der Waals surface area contributed by atoms with Gasteiger partial charge in [-0.1, -0.05) is 0 Å². The van der Waals surface area contributed by atoms with Crippen LogP contribution in [0.5, 0.6) is 5.75 Å². The Morgan fingerprint density at radius 1 is 1.23 bits per heavy atom. The van der Waals surface area contributed by atoms with E-state index in [9.17, 15) is 4.79 Å². The van der Waals surface area contributed by atoms with E-state index in [1.165, 1.54) is 0 Å². The summed E-state index contributed by atoms with van der Waals surface area (Å²) in [7, 11) is 3.78. The summed E-state index contributed by atoms with van der Waals surface area (Å²) in [6.07, 6.45) is 3.20. The molecule has 1 aromatic carbocycles. The maximum Gasteiger partial charge on any atom is 0.124 e. The molecule has 0 saturated heterocycles. The first kappa shape index (κ1) is 18.2. The number of aromatic nitrogens is 1. The predicted octanol–water partition coefficient (Wildman–Crippen LogP) is 3.65. The molecule has 0 bridgehead atoms. The van der Waals surface area contributed by atoms with E-state index in [2.05, 4.69) is 44.6 Å². The third kappa shape index (κ3) is 4.88. The molecule has 4 nitrogen and oxygen atoms in total. The fourth-order valence-corrected chi connectivity index (χ4v) is 2.14. The van der Waals surface area contributed by atoms with Crippen molar-refractivity contribution < 1.29 is 9.53 Å². The Morgan fingerprint density at radius 3 is 2.32 bits per heavy atom. The molecule has 0 amide bonds. The van der Waals surface area contributed by atoms with Crippen LogP contribution in [0.3, 0.4) is 0 Å². The van der Waals surface area contributed by atoms with E-state index >= 15 is 0 Å². The number of rotatable bonds is 5. The standard InChI is InChI=1S/C11H11NO2.C7H17N/c1-14-9-2-3-11-10(6-9)8(4-5-13)7-12-11;1-6(2)8(5)7(3)4/h2-3,5-7,12H,4H2,1H3;6-7H,1-5H3. The summed E-state index contributed by atoms with van der Waals surface area (Å²) >= 11 is 0. The van der Waals surface area contributed by atoms with Gasteiger partial charge in [-0.25, -0.2) is 0 Å². The van der Waals surface area contributed by atoms with Crippen LogP contribution in [0.4, 0.5) is 0 Å². The second-order valence-corrected chi connectivity index (χ2v) is 5.95. The first-order valence-electron chi connectivity index (χ1n) is 7.70. The summed E-state index contributed by atoms with van der Waals surface area (Å²) in [6, 6.07) is 7.13. The Labute approximate surface area is 133 Å². The monoisotopic (exact) mass is 304 g/mol. The number of hydrogen-bond acceptors (Lipinski definition) is 3. The van der Waals surface area contributed by atoms with Gasteiger partial charge in [0.1, 0.15) is 12.0 Å². The second-order valence-electron chi connectivity index (χ2n) is 5.95. The van der Waals surface area contributed by atoms with Crippen molar-refractivity contribution in [1.29, 1.82) is 0 Å². The molecule has 2 rings (SSSR count). The summed E-state index contributed by atoms with van der Waals surface area (Å²) in [5, 5.41) is 1.05. The molecule has 122 valence electrons. The third-order valence-electron chi connectivity index (χ3n) is 3.91. The van der Waals surface area contributed by atoms with E-state index in [1.54, 1.807) is 7.11 Å². The smallest absolute Gasteiger partial charge is 0.124 e. The highest BCUT2D eigenvalue weighted by Crippen LogP contribution is 2.23. The molecule has 0 saturated carbocycles. The van der Waals surface area contributed by atoms with Crippen LogP contribution in [0.15, 0.2) is 24.4 Å². The van der Waals surface area contributed by atoms with Crippen molar-refractivity contribution in [2.24, 2.45) is 0 Å². The molecule has 0 aliphatic heterocycles. The van der Waals surface area contributed by atoms with E-state index < -0.39 is 0 Å². The number of aromatic amines is 1. The number of hydrogen-bond donors (Lipinski definition) is 1. The highest BCUT2D eigenvalue weighted by molar-refractivity contribution is 5.86. The SMILES string of the molecule is CC(C)N(C)C(C)C.COc1ccc2[nH]cc(CC=O)c2c1. The van der Waals surface area contributed by atoms with Gasteiger partial charge >= 0.3 is 0 Å². The summed E-state index contributed by atoms with van der Waals surface area (Å²) in [6.45, 7) is 8.83. The normalized spacial score (nSPS) is 11.0. The van der Waals surface area contributed by atoms with Crippen LogP contribution in [0.2, 0.25) is 0 Å². The molecule has 0 spiro atoms. The zero-order chi connectivity index (χ0) is 16.7. The maximum absolute atomic E-state index is 10.4. The molecular weight excluding hydrogens is 276 g/mol. The minimum atomic E-state index is 0.438. The molecule has 1 aromatic heterocycles.